The Hall–Kier alpha value is -2.22. The molecule has 0 aromatic carbocycles. The molecule has 0 fully saturated rings. The number of aromatic amines is 2. The largest absolute Gasteiger partial charge is 0.326 e. The van der Waals surface area contributed by atoms with Crippen molar-refractivity contribution in [1.82, 2.24) is 15.0 Å². The van der Waals surface area contributed by atoms with Crippen LogP contribution >= 0.6 is 15.9 Å². The summed E-state index contributed by atoms with van der Waals surface area (Å²) in [6.45, 7) is 1.84. The number of hydrogen-bond acceptors (Lipinski definition) is 4. The zero-order chi connectivity index (χ0) is 14.0. The van der Waals surface area contributed by atoms with E-state index >= 15 is 0 Å². The monoisotopic (exact) mass is 324 g/mol. The van der Waals surface area contributed by atoms with E-state index in [4.69, 9.17) is 0 Å². The predicted molar refractivity (Wildman–Crippen MR) is 72.3 cm³/mol. The van der Waals surface area contributed by atoms with Crippen LogP contribution < -0.4 is 16.6 Å². The van der Waals surface area contributed by atoms with E-state index in [1.807, 2.05) is 11.9 Å². The SMILES string of the molecule is Cc1cc(NC(=O)c2cc(=O)[nH]c(=O)[nH]2)ncc1Br. The summed E-state index contributed by atoms with van der Waals surface area (Å²) < 4.78 is 0.815. The molecule has 0 aliphatic rings. The van der Waals surface area contributed by atoms with Gasteiger partial charge in [0, 0.05) is 16.7 Å². The molecule has 3 N–H and O–H groups in total. The van der Waals surface area contributed by atoms with E-state index in [1.54, 1.807) is 12.3 Å². The molecule has 2 rings (SSSR count). The van der Waals surface area contributed by atoms with Gasteiger partial charge in [-0.05, 0) is 34.5 Å². The maximum absolute atomic E-state index is 11.8. The molecule has 0 aliphatic heterocycles. The number of carbonyl (C=O) groups excluding carboxylic acids is 1. The molecule has 0 aliphatic carbocycles. The first-order valence-electron chi connectivity index (χ1n) is 5.23. The number of carbonyl (C=O) groups is 1. The highest BCUT2D eigenvalue weighted by Crippen LogP contribution is 2.17. The van der Waals surface area contributed by atoms with Gasteiger partial charge in [-0.3, -0.25) is 14.6 Å². The second-order valence-corrected chi connectivity index (χ2v) is 4.63. The Balaban J connectivity index is 2.27. The van der Waals surface area contributed by atoms with Crippen LogP contribution in [0.1, 0.15) is 16.1 Å². The van der Waals surface area contributed by atoms with E-state index in [0.29, 0.717) is 5.82 Å². The van der Waals surface area contributed by atoms with Crippen LogP contribution in [-0.2, 0) is 0 Å². The molecule has 8 heteroatoms. The van der Waals surface area contributed by atoms with Crippen LogP contribution in [0.3, 0.4) is 0 Å². The maximum Gasteiger partial charge on any atom is 0.326 e. The van der Waals surface area contributed by atoms with E-state index in [2.05, 4.69) is 31.2 Å². The highest BCUT2D eigenvalue weighted by atomic mass is 79.9. The second kappa shape index (κ2) is 5.19. The van der Waals surface area contributed by atoms with E-state index in [1.165, 1.54) is 0 Å². The maximum atomic E-state index is 11.8. The molecule has 0 atom stereocenters. The number of nitrogens with one attached hydrogen (secondary N) is 3. The lowest BCUT2D eigenvalue weighted by Gasteiger charge is -2.05. The molecule has 0 unspecified atom stereocenters. The lowest BCUT2D eigenvalue weighted by Crippen LogP contribution is -2.27. The number of pyridine rings is 1. The minimum absolute atomic E-state index is 0.129. The summed E-state index contributed by atoms with van der Waals surface area (Å²) in [5.74, 6) is -0.288. The number of H-pyrrole nitrogens is 2. The average molecular weight is 325 g/mol. The molecule has 0 saturated carbocycles. The standard InChI is InChI=1S/C11H9BrN4O3/c1-5-2-8(13-4-6(5)12)15-10(18)7-3-9(17)16-11(19)14-7/h2-4H,1H3,(H,13,15,18)(H2,14,16,17,19). The number of hydrogen-bond donors (Lipinski definition) is 3. The number of halogens is 1. The van der Waals surface area contributed by atoms with Crippen molar-refractivity contribution in [3.8, 4) is 0 Å². The molecule has 0 spiro atoms. The van der Waals surface area contributed by atoms with Crippen molar-refractivity contribution >= 4 is 27.7 Å². The van der Waals surface area contributed by atoms with E-state index in [9.17, 15) is 14.4 Å². The van der Waals surface area contributed by atoms with E-state index in [0.717, 1.165) is 16.1 Å². The zero-order valence-electron chi connectivity index (χ0n) is 9.78. The molecular weight excluding hydrogens is 316 g/mol. The summed E-state index contributed by atoms with van der Waals surface area (Å²) >= 11 is 3.29. The van der Waals surface area contributed by atoms with Crippen molar-refractivity contribution in [3.63, 3.8) is 0 Å². The van der Waals surface area contributed by atoms with Crippen LogP contribution in [-0.4, -0.2) is 20.9 Å². The molecule has 7 nitrogen and oxygen atoms in total. The third kappa shape index (κ3) is 3.16. The molecule has 2 aromatic rings. The first kappa shape index (κ1) is 13.2. The van der Waals surface area contributed by atoms with Gasteiger partial charge in [0.15, 0.2) is 0 Å². The van der Waals surface area contributed by atoms with Gasteiger partial charge in [0.25, 0.3) is 11.5 Å². The zero-order valence-corrected chi connectivity index (χ0v) is 11.4. The fourth-order valence-corrected chi connectivity index (χ4v) is 1.60. The van der Waals surface area contributed by atoms with Gasteiger partial charge >= 0.3 is 5.69 Å². The van der Waals surface area contributed by atoms with E-state index in [-0.39, 0.29) is 5.69 Å². The van der Waals surface area contributed by atoms with Gasteiger partial charge in [-0.15, -0.1) is 0 Å². The van der Waals surface area contributed by atoms with Crippen molar-refractivity contribution in [1.29, 1.82) is 0 Å². The molecule has 2 heterocycles. The highest BCUT2D eigenvalue weighted by molar-refractivity contribution is 9.10. The van der Waals surface area contributed by atoms with Crippen LogP contribution in [0.5, 0.6) is 0 Å². The molecule has 0 bridgehead atoms. The minimum Gasteiger partial charge on any atom is -0.305 e. The lowest BCUT2D eigenvalue weighted by molar-refractivity contribution is 0.102. The van der Waals surface area contributed by atoms with Crippen LogP contribution in [0.2, 0.25) is 0 Å². The first-order valence-corrected chi connectivity index (χ1v) is 6.02. The Morgan fingerprint density at radius 1 is 1.32 bits per heavy atom. The van der Waals surface area contributed by atoms with Gasteiger partial charge in [0.05, 0.1) is 0 Å². The fraction of sp³-hybridized carbons (Fsp3) is 0.0909. The minimum atomic E-state index is -0.738. The Bertz CT molecular complexity index is 722. The summed E-state index contributed by atoms with van der Waals surface area (Å²) in [5, 5.41) is 2.49. The van der Waals surface area contributed by atoms with E-state index < -0.39 is 17.2 Å². The summed E-state index contributed by atoms with van der Waals surface area (Å²) in [6, 6.07) is 2.66. The Labute approximate surface area is 115 Å². The molecular formula is C11H9BrN4O3. The van der Waals surface area contributed by atoms with Gasteiger partial charge in [0.2, 0.25) is 0 Å². The Morgan fingerprint density at radius 3 is 2.68 bits per heavy atom. The number of rotatable bonds is 2. The Kier molecular flexibility index (Phi) is 3.61. The van der Waals surface area contributed by atoms with Crippen LogP contribution in [0, 0.1) is 6.92 Å². The molecule has 19 heavy (non-hydrogen) atoms. The third-order valence-corrected chi connectivity index (χ3v) is 3.12. The topological polar surface area (TPSA) is 108 Å². The summed E-state index contributed by atoms with van der Waals surface area (Å²) in [5.41, 5.74) is -0.618. The van der Waals surface area contributed by atoms with Crippen molar-refractivity contribution < 1.29 is 4.79 Å². The van der Waals surface area contributed by atoms with Gasteiger partial charge in [-0.1, -0.05) is 0 Å². The molecule has 0 radical (unpaired) electrons. The van der Waals surface area contributed by atoms with Gasteiger partial charge < -0.3 is 10.3 Å². The summed E-state index contributed by atoms with van der Waals surface area (Å²) in [7, 11) is 0. The number of anilines is 1. The number of nitrogens with zero attached hydrogens (tertiary/aromatic N) is 1. The first-order chi connectivity index (χ1) is 8.95. The van der Waals surface area contributed by atoms with Gasteiger partial charge in [-0.25, -0.2) is 9.78 Å². The van der Waals surface area contributed by atoms with Crippen LogP contribution in [0.25, 0.3) is 0 Å². The van der Waals surface area contributed by atoms with Gasteiger partial charge in [0.1, 0.15) is 11.5 Å². The van der Waals surface area contributed by atoms with Crippen LogP contribution in [0.15, 0.2) is 32.4 Å². The lowest BCUT2D eigenvalue weighted by atomic mass is 10.3. The summed E-state index contributed by atoms with van der Waals surface area (Å²) in [6.07, 6.45) is 1.55. The average Bonchev–Trinajstić information content (AvgIpc) is 2.32. The van der Waals surface area contributed by atoms with Crippen molar-refractivity contribution in [3.05, 3.63) is 54.9 Å². The quantitative estimate of drug-likeness (QED) is 0.758. The molecule has 2 aromatic heterocycles. The number of amides is 1. The number of aryl methyl sites for hydroxylation is 1. The predicted octanol–water partition coefficient (Wildman–Crippen LogP) is 0.781. The van der Waals surface area contributed by atoms with Crippen molar-refractivity contribution in [2.75, 3.05) is 5.32 Å². The van der Waals surface area contributed by atoms with Crippen molar-refractivity contribution in [2.24, 2.45) is 0 Å². The fourth-order valence-electron chi connectivity index (χ4n) is 1.38. The summed E-state index contributed by atoms with van der Waals surface area (Å²) in [4.78, 5) is 42.2. The van der Waals surface area contributed by atoms with Crippen molar-refractivity contribution in [2.45, 2.75) is 6.92 Å². The smallest absolute Gasteiger partial charge is 0.305 e. The second-order valence-electron chi connectivity index (χ2n) is 3.77. The van der Waals surface area contributed by atoms with Gasteiger partial charge in [-0.2, -0.15) is 0 Å². The Morgan fingerprint density at radius 2 is 2.05 bits per heavy atom. The normalized spacial score (nSPS) is 10.2. The molecule has 0 saturated heterocycles. The molecule has 1 amide bonds. The third-order valence-electron chi connectivity index (χ3n) is 2.29. The van der Waals surface area contributed by atoms with Crippen LogP contribution in [0.4, 0.5) is 5.82 Å². The molecule has 98 valence electrons. The number of aromatic nitrogens is 3. The highest BCUT2D eigenvalue weighted by Gasteiger charge is 2.09.